The molecule has 1 fully saturated rings. The van der Waals surface area contributed by atoms with E-state index in [4.69, 9.17) is 0 Å². The summed E-state index contributed by atoms with van der Waals surface area (Å²) in [5, 5.41) is 3.77. The van der Waals surface area contributed by atoms with Crippen molar-refractivity contribution in [3.05, 3.63) is 35.4 Å². The number of rotatable bonds is 3. The van der Waals surface area contributed by atoms with Crippen LogP contribution in [0.2, 0.25) is 0 Å². The molecule has 1 aromatic carbocycles. The average Bonchev–Trinajstić information content (AvgIpc) is 2.63. The molecule has 0 heterocycles. The van der Waals surface area contributed by atoms with E-state index < -0.39 is 0 Å². The van der Waals surface area contributed by atoms with Gasteiger partial charge in [-0.3, -0.25) is 0 Å². The molecule has 1 heteroatoms. The lowest BCUT2D eigenvalue weighted by atomic mass is 9.73. The van der Waals surface area contributed by atoms with Crippen LogP contribution in [0.3, 0.4) is 0 Å². The summed E-state index contributed by atoms with van der Waals surface area (Å²) in [5.41, 5.74) is 3.45. The van der Waals surface area contributed by atoms with Gasteiger partial charge in [-0.2, -0.15) is 0 Å². The lowest BCUT2D eigenvalue weighted by Crippen LogP contribution is -2.46. The SMILES string of the molecule is Cc1ccc(C2(CNC(C)(C)C)CCCCCC2)cc1. The first-order chi connectivity index (χ1) is 9.41. The van der Waals surface area contributed by atoms with Crippen molar-refractivity contribution in [2.75, 3.05) is 6.54 Å². The predicted octanol–water partition coefficient (Wildman–Crippen LogP) is 4.98. The molecule has 0 aliphatic heterocycles. The summed E-state index contributed by atoms with van der Waals surface area (Å²) < 4.78 is 0. The van der Waals surface area contributed by atoms with Crippen molar-refractivity contribution >= 4 is 0 Å². The first-order valence-electron chi connectivity index (χ1n) is 8.24. The largest absolute Gasteiger partial charge is 0.311 e. The van der Waals surface area contributed by atoms with Gasteiger partial charge in [-0.05, 0) is 46.1 Å². The van der Waals surface area contributed by atoms with Gasteiger partial charge < -0.3 is 5.32 Å². The highest BCUT2D eigenvalue weighted by atomic mass is 15.0. The van der Waals surface area contributed by atoms with Crippen LogP contribution < -0.4 is 5.32 Å². The molecule has 2 rings (SSSR count). The molecule has 0 radical (unpaired) electrons. The van der Waals surface area contributed by atoms with Gasteiger partial charge in [0, 0.05) is 17.5 Å². The van der Waals surface area contributed by atoms with Gasteiger partial charge in [0.2, 0.25) is 0 Å². The van der Waals surface area contributed by atoms with Crippen LogP contribution in [0.1, 0.15) is 70.4 Å². The van der Waals surface area contributed by atoms with Crippen LogP contribution in [0.25, 0.3) is 0 Å². The molecule has 1 saturated carbocycles. The second-order valence-corrected chi connectivity index (χ2v) is 7.66. The van der Waals surface area contributed by atoms with Crippen molar-refractivity contribution in [3.8, 4) is 0 Å². The Kier molecular flexibility index (Phi) is 4.90. The summed E-state index contributed by atoms with van der Waals surface area (Å²) in [6.45, 7) is 10.1. The maximum absolute atomic E-state index is 3.77. The molecule has 0 aromatic heterocycles. The monoisotopic (exact) mass is 273 g/mol. The van der Waals surface area contributed by atoms with Crippen molar-refractivity contribution < 1.29 is 0 Å². The van der Waals surface area contributed by atoms with E-state index in [1.807, 2.05) is 0 Å². The number of hydrogen-bond donors (Lipinski definition) is 1. The van der Waals surface area contributed by atoms with E-state index >= 15 is 0 Å². The summed E-state index contributed by atoms with van der Waals surface area (Å²) in [4.78, 5) is 0. The van der Waals surface area contributed by atoms with E-state index in [1.54, 1.807) is 5.56 Å². The van der Waals surface area contributed by atoms with Gasteiger partial charge in [-0.25, -0.2) is 0 Å². The Morgan fingerprint density at radius 3 is 2.00 bits per heavy atom. The van der Waals surface area contributed by atoms with Crippen LogP contribution in [0.4, 0.5) is 0 Å². The third-order valence-electron chi connectivity index (χ3n) is 4.68. The minimum atomic E-state index is 0.198. The first kappa shape index (κ1) is 15.6. The Bertz CT molecular complexity index is 402. The zero-order chi connectivity index (χ0) is 14.6. The molecule has 112 valence electrons. The second-order valence-electron chi connectivity index (χ2n) is 7.66. The molecule has 0 amide bonds. The van der Waals surface area contributed by atoms with Crippen molar-refractivity contribution in [3.63, 3.8) is 0 Å². The van der Waals surface area contributed by atoms with Crippen LogP contribution in [-0.4, -0.2) is 12.1 Å². The van der Waals surface area contributed by atoms with E-state index in [0.29, 0.717) is 5.41 Å². The molecule has 1 nitrogen and oxygen atoms in total. The Hall–Kier alpha value is -0.820. The summed E-state index contributed by atoms with van der Waals surface area (Å²) in [6.07, 6.45) is 8.23. The highest BCUT2D eigenvalue weighted by Gasteiger charge is 2.33. The molecule has 0 bridgehead atoms. The van der Waals surface area contributed by atoms with Crippen LogP contribution in [0.15, 0.2) is 24.3 Å². The average molecular weight is 273 g/mol. The molecule has 20 heavy (non-hydrogen) atoms. The normalized spacial score (nSPS) is 19.6. The molecular formula is C19H31N. The van der Waals surface area contributed by atoms with Crippen LogP contribution in [-0.2, 0) is 5.41 Å². The Labute approximate surface area is 125 Å². The van der Waals surface area contributed by atoms with Crippen molar-refractivity contribution in [2.45, 2.75) is 77.2 Å². The molecule has 0 atom stereocenters. The Morgan fingerprint density at radius 2 is 1.50 bits per heavy atom. The van der Waals surface area contributed by atoms with E-state index in [0.717, 1.165) is 6.54 Å². The number of benzene rings is 1. The third kappa shape index (κ3) is 4.09. The van der Waals surface area contributed by atoms with E-state index in [1.165, 1.54) is 44.1 Å². The first-order valence-corrected chi connectivity index (χ1v) is 8.24. The summed E-state index contributed by atoms with van der Waals surface area (Å²) in [7, 11) is 0. The maximum atomic E-state index is 3.77. The van der Waals surface area contributed by atoms with Crippen molar-refractivity contribution in [1.29, 1.82) is 0 Å². The fraction of sp³-hybridized carbons (Fsp3) is 0.684. The van der Waals surface area contributed by atoms with E-state index in [-0.39, 0.29) is 5.54 Å². The summed E-state index contributed by atoms with van der Waals surface area (Å²) >= 11 is 0. The van der Waals surface area contributed by atoms with E-state index in [2.05, 4.69) is 57.3 Å². The van der Waals surface area contributed by atoms with Gasteiger partial charge in [0.25, 0.3) is 0 Å². The maximum Gasteiger partial charge on any atom is 0.00968 e. The van der Waals surface area contributed by atoms with Crippen LogP contribution in [0, 0.1) is 6.92 Å². The minimum Gasteiger partial charge on any atom is -0.311 e. The van der Waals surface area contributed by atoms with Crippen LogP contribution in [0.5, 0.6) is 0 Å². The Balaban J connectivity index is 2.24. The smallest absolute Gasteiger partial charge is 0.00968 e. The highest BCUT2D eigenvalue weighted by molar-refractivity contribution is 5.29. The van der Waals surface area contributed by atoms with Crippen molar-refractivity contribution in [1.82, 2.24) is 5.32 Å². The fourth-order valence-electron chi connectivity index (χ4n) is 3.31. The second kappa shape index (κ2) is 6.30. The topological polar surface area (TPSA) is 12.0 Å². The molecule has 0 unspecified atom stereocenters. The van der Waals surface area contributed by atoms with Gasteiger partial charge in [0.15, 0.2) is 0 Å². The number of hydrogen-bond acceptors (Lipinski definition) is 1. The molecule has 1 N–H and O–H groups in total. The summed E-state index contributed by atoms with van der Waals surface area (Å²) in [5.74, 6) is 0. The molecule has 0 saturated heterocycles. The number of aryl methyl sites for hydroxylation is 1. The van der Waals surface area contributed by atoms with Crippen molar-refractivity contribution in [2.24, 2.45) is 0 Å². The van der Waals surface area contributed by atoms with Crippen LogP contribution >= 0.6 is 0 Å². The van der Waals surface area contributed by atoms with Gasteiger partial charge in [-0.1, -0.05) is 55.5 Å². The zero-order valence-electron chi connectivity index (χ0n) is 13.8. The van der Waals surface area contributed by atoms with E-state index in [9.17, 15) is 0 Å². The van der Waals surface area contributed by atoms with Gasteiger partial charge in [-0.15, -0.1) is 0 Å². The molecule has 1 aliphatic carbocycles. The van der Waals surface area contributed by atoms with Gasteiger partial charge in [0.05, 0.1) is 0 Å². The lowest BCUT2D eigenvalue weighted by Gasteiger charge is -2.37. The zero-order valence-corrected chi connectivity index (χ0v) is 13.8. The quantitative estimate of drug-likeness (QED) is 0.766. The molecular weight excluding hydrogens is 242 g/mol. The number of nitrogens with one attached hydrogen (secondary N) is 1. The Morgan fingerprint density at radius 1 is 0.950 bits per heavy atom. The summed E-state index contributed by atoms with van der Waals surface area (Å²) in [6, 6.07) is 9.29. The molecule has 1 aromatic rings. The predicted molar refractivity (Wildman–Crippen MR) is 88.3 cm³/mol. The fourth-order valence-corrected chi connectivity index (χ4v) is 3.31. The lowest BCUT2D eigenvalue weighted by molar-refractivity contribution is 0.300. The minimum absolute atomic E-state index is 0.198. The van der Waals surface area contributed by atoms with Gasteiger partial charge in [0.1, 0.15) is 0 Å². The third-order valence-corrected chi connectivity index (χ3v) is 4.68. The molecule has 1 aliphatic rings. The van der Waals surface area contributed by atoms with Gasteiger partial charge >= 0.3 is 0 Å². The standard InChI is InChI=1S/C19H31N/c1-16-9-11-17(12-10-16)19(15-20-18(2,3)4)13-7-5-6-8-14-19/h9-12,20H,5-8,13-15H2,1-4H3. The molecule has 0 spiro atoms. The highest BCUT2D eigenvalue weighted by Crippen LogP contribution is 2.38.